The summed E-state index contributed by atoms with van der Waals surface area (Å²) < 4.78 is 16.2. The van der Waals surface area contributed by atoms with E-state index in [2.05, 4.69) is 10.5 Å². The van der Waals surface area contributed by atoms with Crippen LogP contribution in [0.4, 0.5) is 0 Å². The molecule has 0 spiro atoms. The fraction of sp³-hybridized carbons (Fsp3) is 0.0800. The molecule has 3 aromatic carbocycles. The minimum absolute atomic E-state index is 0.0398. The molecular formula is C25H20N2O6. The number of nitrogens with one attached hydrogen (secondary N) is 1. The van der Waals surface area contributed by atoms with Gasteiger partial charge in [-0.25, -0.2) is 10.2 Å². The highest BCUT2D eigenvalue weighted by atomic mass is 16.5. The molecule has 4 rings (SSSR count). The van der Waals surface area contributed by atoms with Crippen LogP contribution in [0.2, 0.25) is 0 Å². The van der Waals surface area contributed by atoms with Gasteiger partial charge in [-0.1, -0.05) is 36.4 Å². The van der Waals surface area contributed by atoms with Crippen LogP contribution in [0.25, 0.3) is 10.8 Å². The highest BCUT2D eigenvalue weighted by Crippen LogP contribution is 2.28. The van der Waals surface area contributed by atoms with Crippen molar-refractivity contribution < 1.29 is 28.6 Å². The zero-order valence-electron chi connectivity index (χ0n) is 17.6. The Morgan fingerprint density at radius 2 is 1.85 bits per heavy atom. The summed E-state index contributed by atoms with van der Waals surface area (Å²) in [4.78, 5) is 23.5. The predicted molar refractivity (Wildman–Crippen MR) is 122 cm³/mol. The van der Waals surface area contributed by atoms with Gasteiger partial charge >= 0.3 is 5.97 Å². The molecule has 1 aromatic heterocycles. The Morgan fingerprint density at radius 3 is 2.64 bits per heavy atom. The highest BCUT2D eigenvalue weighted by Gasteiger charge is 2.12. The second kappa shape index (κ2) is 9.69. The van der Waals surface area contributed by atoms with E-state index in [1.165, 1.54) is 25.5 Å². The molecule has 0 fully saturated rings. The molecule has 8 nitrogen and oxygen atoms in total. The van der Waals surface area contributed by atoms with Crippen LogP contribution in [-0.2, 0) is 6.61 Å². The molecule has 0 saturated heterocycles. The van der Waals surface area contributed by atoms with Crippen molar-refractivity contribution in [2.24, 2.45) is 5.10 Å². The number of hydrogen-bond acceptors (Lipinski definition) is 6. The number of hydrazone groups is 1. The number of benzene rings is 3. The number of methoxy groups -OCH3 is 1. The number of carboxylic acids is 1. The van der Waals surface area contributed by atoms with E-state index in [1.54, 1.807) is 24.3 Å². The van der Waals surface area contributed by atoms with E-state index in [9.17, 15) is 9.59 Å². The third kappa shape index (κ3) is 5.01. The van der Waals surface area contributed by atoms with Crippen molar-refractivity contribution in [3.8, 4) is 11.5 Å². The number of fused-ring (bicyclic) bond motifs is 1. The van der Waals surface area contributed by atoms with Crippen LogP contribution in [0.1, 0.15) is 32.2 Å². The summed E-state index contributed by atoms with van der Waals surface area (Å²) in [6.45, 7) is 0.0398. The Labute approximate surface area is 189 Å². The number of amides is 1. The number of hydrogen-bond donors (Lipinski definition) is 2. The van der Waals surface area contributed by atoms with Gasteiger partial charge in [0.2, 0.25) is 5.76 Å². The second-order valence-electron chi connectivity index (χ2n) is 7.00. The number of aromatic carboxylic acids is 1. The van der Waals surface area contributed by atoms with Gasteiger partial charge in [-0.3, -0.25) is 4.79 Å². The first-order valence-electron chi connectivity index (χ1n) is 9.99. The van der Waals surface area contributed by atoms with E-state index in [-0.39, 0.29) is 18.3 Å². The number of nitrogens with zero attached hydrogens (tertiary/aromatic N) is 1. The SMILES string of the molecule is COc1cc(C=NNC(=O)c2cccc3ccccc23)ccc1OCc1ccc(C(=O)O)o1. The standard InChI is InChI=1S/C25H20N2O6/c1-31-23-13-16(9-11-21(23)32-15-18-10-12-22(33-18)25(29)30)14-26-27-24(28)20-8-4-6-17-5-2-3-7-19(17)20/h2-14H,15H2,1H3,(H,27,28)(H,29,30). The van der Waals surface area contributed by atoms with Gasteiger partial charge in [-0.05, 0) is 52.7 Å². The molecule has 1 heterocycles. The molecule has 0 saturated carbocycles. The molecule has 0 aliphatic carbocycles. The fourth-order valence-electron chi connectivity index (χ4n) is 3.25. The van der Waals surface area contributed by atoms with Crippen molar-refractivity contribution in [3.63, 3.8) is 0 Å². The number of rotatable bonds is 8. The van der Waals surface area contributed by atoms with Crippen LogP contribution < -0.4 is 14.9 Å². The molecule has 4 aromatic rings. The minimum atomic E-state index is -1.14. The number of carbonyl (C=O) groups is 2. The normalized spacial score (nSPS) is 10.9. The molecule has 166 valence electrons. The van der Waals surface area contributed by atoms with Crippen molar-refractivity contribution in [2.75, 3.05) is 7.11 Å². The van der Waals surface area contributed by atoms with Crippen LogP contribution in [0.5, 0.6) is 11.5 Å². The largest absolute Gasteiger partial charge is 0.493 e. The van der Waals surface area contributed by atoms with E-state index < -0.39 is 5.97 Å². The smallest absolute Gasteiger partial charge is 0.371 e. The van der Waals surface area contributed by atoms with Gasteiger partial charge in [0.25, 0.3) is 5.91 Å². The molecule has 2 N–H and O–H groups in total. The molecule has 0 atom stereocenters. The number of ether oxygens (including phenoxy) is 2. The van der Waals surface area contributed by atoms with Gasteiger partial charge in [0.15, 0.2) is 11.5 Å². The molecule has 0 bridgehead atoms. The van der Waals surface area contributed by atoms with Crippen molar-refractivity contribution in [1.82, 2.24) is 5.43 Å². The van der Waals surface area contributed by atoms with Crippen molar-refractivity contribution in [1.29, 1.82) is 0 Å². The van der Waals surface area contributed by atoms with Gasteiger partial charge in [-0.15, -0.1) is 0 Å². The minimum Gasteiger partial charge on any atom is -0.493 e. The van der Waals surface area contributed by atoms with Crippen LogP contribution >= 0.6 is 0 Å². The molecule has 0 radical (unpaired) electrons. The lowest BCUT2D eigenvalue weighted by Gasteiger charge is -2.10. The Hall–Kier alpha value is -4.59. The lowest BCUT2D eigenvalue weighted by Crippen LogP contribution is -2.17. The lowest BCUT2D eigenvalue weighted by atomic mass is 10.0. The predicted octanol–water partition coefficient (Wildman–Crippen LogP) is 4.48. The van der Waals surface area contributed by atoms with Gasteiger partial charge in [0, 0.05) is 5.56 Å². The van der Waals surface area contributed by atoms with Gasteiger partial charge < -0.3 is 19.0 Å². The molecule has 33 heavy (non-hydrogen) atoms. The topological polar surface area (TPSA) is 110 Å². The first-order chi connectivity index (χ1) is 16.0. The fourth-order valence-corrected chi connectivity index (χ4v) is 3.25. The average molecular weight is 444 g/mol. The molecule has 8 heteroatoms. The van der Waals surface area contributed by atoms with Crippen LogP contribution in [-0.4, -0.2) is 30.3 Å². The molecule has 0 aliphatic heterocycles. The summed E-state index contributed by atoms with van der Waals surface area (Å²) in [6, 6.07) is 21.2. The third-order valence-electron chi connectivity index (χ3n) is 4.84. The second-order valence-corrected chi connectivity index (χ2v) is 7.00. The summed E-state index contributed by atoms with van der Waals surface area (Å²) in [5, 5.41) is 14.8. The monoisotopic (exact) mass is 444 g/mol. The Bertz CT molecular complexity index is 1340. The number of carbonyl (C=O) groups excluding carboxylic acids is 1. The van der Waals surface area contributed by atoms with Crippen LogP contribution in [0.3, 0.4) is 0 Å². The number of carboxylic acid groups (broad SMARTS) is 1. The summed E-state index contributed by atoms with van der Waals surface area (Å²) in [7, 11) is 1.50. The summed E-state index contributed by atoms with van der Waals surface area (Å²) in [5.74, 6) is -0.342. The maximum Gasteiger partial charge on any atom is 0.371 e. The maximum atomic E-state index is 12.6. The zero-order valence-corrected chi connectivity index (χ0v) is 17.6. The molecule has 0 unspecified atom stereocenters. The summed E-state index contributed by atoms with van der Waals surface area (Å²) >= 11 is 0. The third-order valence-corrected chi connectivity index (χ3v) is 4.84. The van der Waals surface area contributed by atoms with Gasteiger partial charge in [0.05, 0.1) is 13.3 Å². The van der Waals surface area contributed by atoms with E-state index in [4.69, 9.17) is 19.0 Å². The van der Waals surface area contributed by atoms with Crippen molar-refractivity contribution in [2.45, 2.75) is 6.61 Å². The molecule has 1 amide bonds. The maximum absolute atomic E-state index is 12.6. The average Bonchev–Trinajstić information content (AvgIpc) is 3.32. The quantitative estimate of drug-likeness (QED) is 0.306. The summed E-state index contributed by atoms with van der Waals surface area (Å²) in [5.41, 5.74) is 3.77. The Kier molecular flexibility index (Phi) is 6.36. The first-order valence-corrected chi connectivity index (χ1v) is 9.99. The van der Waals surface area contributed by atoms with Crippen LogP contribution in [0.15, 0.2) is 82.3 Å². The van der Waals surface area contributed by atoms with Gasteiger partial charge in [0.1, 0.15) is 12.4 Å². The van der Waals surface area contributed by atoms with E-state index in [0.717, 1.165) is 10.8 Å². The Balaban J connectivity index is 1.41. The van der Waals surface area contributed by atoms with Crippen LogP contribution in [0, 0.1) is 0 Å². The molecule has 0 aliphatic rings. The van der Waals surface area contributed by atoms with Crippen molar-refractivity contribution in [3.05, 3.63) is 95.4 Å². The number of furan rings is 1. The first kappa shape index (κ1) is 21.6. The van der Waals surface area contributed by atoms with E-state index in [0.29, 0.717) is 28.4 Å². The highest BCUT2D eigenvalue weighted by molar-refractivity contribution is 6.07. The summed E-state index contributed by atoms with van der Waals surface area (Å²) in [6.07, 6.45) is 1.50. The van der Waals surface area contributed by atoms with Crippen molar-refractivity contribution >= 4 is 28.9 Å². The lowest BCUT2D eigenvalue weighted by molar-refractivity contribution is 0.0657. The van der Waals surface area contributed by atoms with Gasteiger partial charge in [-0.2, -0.15) is 5.10 Å². The zero-order chi connectivity index (χ0) is 23.2. The van der Waals surface area contributed by atoms with E-state index >= 15 is 0 Å². The molecular weight excluding hydrogens is 424 g/mol. The van der Waals surface area contributed by atoms with E-state index in [1.807, 2.05) is 36.4 Å². The Morgan fingerprint density at radius 1 is 1.03 bits per heavy atom.